The van der Waals surface area contributed by atoms with Crippen LogP contribution >= 0.6 is 11.6 Å². The zero-order valence-electron chi connectivity index (χ0n) is 26.3. The first-order valence-corrected chi connectivity index (χ1v) is 15.3. The van der Waals surface area contributed by atoms with Crippen molar-refractivity contribution in [1.82, 2.24) is 14.8 Å². The Kier molecular flexibility index (Phi) is 9.23. The van der Waals surface area contributed by atoms with Gasteiger partial charge in [0.2, 0.25) is 11.7 Å². The summed E-state index contributed by atoms with van der Waals surface area (Å²) in [4.78, 5) is 26.4. The molecule has 0 bridgehead atoms. The van der Waals surface area contributed by atoms with Crippen LogP contribution in [-0.4, -0.2) is 69.5 Å². The second-order valence-electron chi connectivity index (χ2n) is 12.1. The van der Waals surface area contributed by atoms with E-state index >= 15 is 8.78 Å². The highest BCUT2D eigenvalue weighted by molar-refractivity contribution is 6.33. The summed E-state index contributed by atoms with van der Waals surface area (Å²) in [6.07, 6.45) is -0.0146. The lowest BCUT2D eigenvalue weighted by Crippen LogP contribution is -2.58. The maximum absolute atomic E-state index is 15.1. The normalized spacial score (nSPS) is 21.7. The summed E-state index contributed by atoms with van der Waals surface area (Å²) in [6.45, 7) is 13.6. The van der Waals surface area contributed by atoms with Gasteiger partial charge in [0.1, 0.15) is 17.5 Å². The predicted octanol–water partition coefficient (Wildman–Crippen LogP) is 6.35. The van der Waals surface area contributed by atoms with E-state index in [-0.39, 0.29) is 59.6 Å². The van der Waals surface area contributed by atoms with Crippen molar-refractivity contribution < 1.29 is 31.9 Å². The van der Waals surface area contributed by atoms with E-state index in [0.717, 1.165) is 5.57 Å². The molecule has 1 aromatic heterocycles. The minimum Gasteiger partial charge on any atom is -0.368 e. The molecule has 4 heterocycles. The van der Waals surface area contributed by atoms with Crippen LogP contribution in [0.25, 0.3) is 17.0 Å². The number of hydrogen-bond donors (Lipinski definition) is 1. The molecule has 1 N–H and O–H groups in total. The van der Waals surface area contributed by atoms with E-state index in [1.54, 1.807) is 9.80 Å². The van der Waals surface area contributed by atoms with Crippen LogP contribution in [0.5, 0.6) is 0 Å². The molecule has 248 valence electrons. The Morgan fingerprint density at radius 2 is 1.66 bits per heavy atom. The summed E-state index contributed by atoms with van der Waals surface area (Å²) in [5.41, 5.74) is -0.0889. The van der Waals surface area contributed by atoms with E-state index in [2.05, 4.69) is 22.6 Å². The molecule has 8 nitrogen and oxygen atoms in total. The highest BCUT2D eigenvalue weighted by atomic mass is 35.5. The number of aliphatic hydroxyl groups excluding tert-OH is 1. The first-order chi connectivity index (χ1) is 22.2. The van der Waals surface area contributed by atoms with E-state index in [1.165, 1.54) is 17.0 Å². The van der Waals surface area contributed by atoms with Crippen molar-refractivity contribution >= 4 is 34.7 Å². The number of hydrogen-bond acceptors (Lipinski definition) is 7. The van der Waals surface area contributed by atoms with Gasteiger partial charge in [-0.25, -0.2) is 26.9 Å². The molecule has 3 aliphatic rings. The fourth-order valence-corrected chi connectivity index (χ4v) is 6.85. The van der Waals surface area contributed by atoms with Gasteiger partial charge in [0, 0.05) is 37.3 Å². The van der Waals surface area contributed by atoms with Crippen molar-refractivity contribution in [2.45, 2.75) is 59.4 Å². The molecular weight excluding hydrogens is 643 g/mol. The number of carbonyl (C=O) groups is 1. The molecule has 1 aromatic carbocycles. The number of amides is 1. The molecule has 0 aliphatic carbocycles. The second kappa shape index (κ2) is 12.7. The molecule has 3 atom stereocenters. The smallest absolute Gasteiger partial charge is 0.246 e. The van der Waals surface area contributed by atoms with Gasteiger partial charge < -0.3 is 14.9 Å². The highest BCUT2D eigenvalue weighted by Crippen LogP contribution is 2.46. The third kappa shape index (κ3) is 5.47. The Bertz CT molecular complexity index is 1790. The monoisotopic (exact) mass is 674 g/mol. The van der Waals surface area contributed by atoms with Crippen molar-refractivity contribution in [1.29, 1.82) is 5.26 Å². The molecule has 0 saturated carbocycles. The van der Waals surface area contributed by atoms with E-state index < -0.39 is 51.6 Å². The summed E-state index contributed by atoms with van der Waals surface area (Å²) in [7, 11) is 0. The Morgan fingerprint density at radius 1 is 1.09 bits per heavy atom. The van der Waals surface area contributed by atoms with Crippen LogP contribution < -0.4 is 4.90 Å². The Balaban J connectivity index is 1.82. The van der Waals surface area contributed by atoms with Crippen molar-refractivity contribution in [2.24, 2.45) is 10.9 Å². The number of aliphatic hydroxyl groups is 1. The second-order valence-corrected chi connectivity index (χ2v) is 12.5. The van der Waals surface area contributed by atoms with Gasteiger partial charge in [-0.05, 0) is 50.8 Å². The molecule has 1 unspecified atom stereocenters. The van der Waals surface area contributed by atoms with E-state index in [9.17, 15) is 28.3 Å². The van der Waals surface area contributed by atoms with Crippen LogP contribution in [-0.2, 0) is 4.79 Å². The number of benzene rings is 1. The maximum atomic E-state index is 15.1. The molecule has 5 rings (SSSR count). The average molecular weight is 675 g/mol. The van der Waals surface area contributed by atoms with Gasteiger partial charge >= 0.3 is 0 Å². The largest absolute Gasteiger partial charge is 0.368 e. The Morgan fingerprint density at radius 3 is 2.19 bits per heavy atom. The van der Waals surface area contributed by atoms with Crippen molar-refractivity contribution in [3.8, 4) is 17.3 Å². The lowest BCUT2D eigenvalue weighted by Gasteiger charge is -2.48. The number of dihydropyridines is 1. The van der Waals surface area contributed by atoms with Crippen LogP contribution in [0.1, 0.15) is 46.6 Å². The minimum absolute atomic E-state index is 0.101. The zero-order valence-corrected chi connectivity index (χ0v) is 27.1. The molecule has 1 fully saturated rings. The fourth-order valence-electron chi connectivity index (χ4n) is 6.60. The number of nitrogens with zero attached hydrogens (tertiary/aromatic N) is 6. The average Bonchev–Trinajstić information content (AvgIpc) is 3.02. The van der Waals surface area contributed by atoms with Crippen LogP contribution in [0.3, 0.4) is 0 Å². The van der Waals surface area contributed by atoms with E-state index in [0.29, 0.717) is 24.4 Å². The number of rotatable bonds is 5. The molecule has 14 heteroatoms. The topological polar surface area (TPSA) is 96.1 Å². The summed E-state index contributed by atoms with van der Waals surface area (Å²) < 4.78 is 73.1. The number of aliphatic imine (C=N–C) groups is 1. The quantitative estimate of drug-likeness (QED) is 0.172. The number of carbonyl (C=O) groups excluding carboxylic acids is 1. The third-order valence-corrected chi connectivity index (χ3v) is 8.92. The molecule has 3 aliphatic heterocycles. The third-order valence-electron chi connectivity index (χ3n) is 8.63. The molecular formula is C33H32ClF5N6O2. The molecule has 0 radical (unpaired) electrons. The zero-order chi connectivity index (χ0) is 34.6. The van der Waals surface area contributed by atoms with Crippen LogP contribution in [0.15, 0.2) is 40.6 Å². The number of fused-ring (bicyclic) bond motifs is 1. The number of aromatic nitrogens is 1. The standard InChI is InChI=1S/C33H32ClF5N6O2/c1-7-21(46)44-16(5)12-43(13-17(44)6)31-18-10-20(34)29(22-23(35)25(37)27(39)26(38)24(22)36)42-32(18)45(33(47)19(31)11-40)30-15(4)8-9-41-28(30)14(2)3/h7,10,14,16-17,33,47H,1,8-9,12-13H2,2-6H3/t16-,17+,33?. The number of pyridine rings is 1. The molecule has 0 spiro atoms. The SMILES string of the molecule is C=CC(=O)N1[C@H](C)CN(C2=C(C#N)C(O)N(C3=C(C)CCN=C3C(C)C)c3nc(-c4c(F)c(F)c(F)c(F)c4F)c(Cl)cc32)C[C@@H]1C. The number of allylic oxidation sites excluding steroid dienone is 1. The van der Waals surface area contributed by atoms with Crippen LogP contribution in [0.2, 0.25) is 5.02 Å². The summed E-state index contributed by atoms with van der Waals surface area (Å²) >= 11 is 6.56. The molecule has 1 saturated heterocycles. The van der Waals surface area contributed by atoms with Gasteiger partial charge in [-0.2, -0.15) is 5.26 Å². The predicted molar refractivity (Wildman–Crippen MR) is 167 cm³/mol. The summed E-state index contributed by atoms with van der Waals surface area (Å²) in [6, 6.07) is 2.59. The highest BCUT2D eigenvalue weighted by Gasteiger charge is 2.43. The minimum atomic E-state index is -2.34. The van der Waals surface area contributed by atoms with Crippen molar-refractivity contribution in [2.75, 3.05) is 24.5 Å². The number of anilines is 1. The summed E-state index contributed by atoms with van der Waals surface area (Å²) in [5, 5.41) is 22.0. The van der Waals surface area contributed by atoms with Gasteiger partial charge in [-0.1, -0.05) is 32.0 Å². The van der Waals surface area contributed by atoms with Gasteiger partial charge in [-0.15, -0.1) is 0 Å². The fraction of sp³-hybridized carbons (Fsp3) is 0.394. The lowest BCUT2D eigenvalue weighted by atomic mass is 9.91. The number of piperazine rings is 1. The number of halogens is 6. The van der Waals surface area contributed by atoms with Crippen LogP contribution in [0, 0.1) is 46.3 Å². The molecule has 2 aromatic rings. The number of nitriles is 1. The van der Waals surface area contributed by atoms with Gasteiger partial charge in [0.25, 0.3) is 0 Å². The van der Waals surface area contributed by atoms with Crippen molar-refractivity contribution in [3.63, 3.8) is 0 Å². The van der Waals surface area contributed by atoms with Gasteiger partial charge in [0.15, 0.2) is 29.5 Å². The summed E-state index contributed by atoms with van der Waals surface area (Å²) in [5.74, 6) is -11.5. The molecule has 47 heavy (non-hydrogen) atoms. The first-order valence-electron chi connectivity index (χ1n) is 14.9. The van der Waals surface area contributed by atoms with Gasteiger partial charge in [-0.3, -0.25) is 14.7 Å². The van der Waals surface area contributed by atoms with E-state index in [1.807, 2.05) is 34.6 Å². The first kappa shape index (κ1) is 34.1. The molecule has 1 amide bonds. The maximum Gasteiger partial charge on any atom is 0.246 e. The Labute approximate surface area is 273 Å². The lowest BCUT2D eigenvalue weighted by molar-refractivity contribution is -0.132. The van der Waals surface area contributed by atoms with Crippen LogP contribution in [0.4, 0.5) is 27.8 Å². The van der Waals surface area contributed by atoms with Crippen molar-refractivity contribution in [3.05, 3.63) is 75.2 Å². The Hall–Kier alpha value is -4.28. The van der Waals surface area contributed by atoms with E-state index in [4.69, 9.17) is 11.6 Å². The van der Waals surface area contributed by atoms with Gasteiger partial charge in [0.05, 0.1) is 33.4 Å².